The molecule has 0 amide bonds. The molecule has 3 aromatic rings. The van der Waals surface area contributed by atoms with E-state index in [1.54, 1.807) is 25.3 Å². The Morgan fingerprint density at radius 3 is 2.38 bits per heavy atom. The smallest absolute Gasteiger partial charge is 0.363 e. The molecule has 0 saturated carbocycles. The summed E-state index contributed by atoms with van der Waals surface area (Å²) < 4.78 is 21.6. The zero-order valence-corrected chi connectivity index (χ0v) is 16.3. The molecule has 1 aliphatic heterocycles. The van der Waals surface area contributed by atoms with Gasteiger partial charge in [-0.2, -0.15) is 0 Å². The lowest BCUT2D eigenvalue weighted by atomic mass is 10.0. The van der Waals surface area contributed by atoms with E-state index in [0.717, 1.165) is 16.3 Å². The third-order valence-electron chi connectivity index (χ3n) is 4.67. The van der Waals surface area contributed by atoms with Crippen molar-refractivity contribution in [2.24, 2.45) is 4.99 Å². The molecule has 0 spiro atoms. The number of esters is 1. The van der Waals surface area contributed by atoms with E-state index in [1.807, 2.05) is 42.5 Å². The predicted octanol–water partition coefficient (Wildman–Crippen LogP) is 4.21. The fourth-order valence-corrected chi connectivity index (χ4v) is 3.32. The van der Waals surface area contributed by atoms with Gasteiger partial charge in [0.2, 0.25) is 11.6 Å². The minimum atomic E-state index is -0.523. The highest BCUT2D eigenvalue weighted by Gasteiger charge is 2.26. The van der Waals surface area contributed by atoms with Crippen LogP contribution in [-0.2, 0) is 9.53 Å². The molecule has 0 unspecified atom stereocenters. The molecule has 29 heavy (non-hydrogen) atoms. The lowest BCUT2D eigenvalue weighted by Gasteiger charge is -2.14. The van der Waals surface area contributed by atoms with Gasteiger partial charge < -0.3 is 18.9 Å². The van der Waals surface area contributed by atoms with Crippen molar-refractivity contribution in [3.05, 3.63) is 71.4 Å². The Kier molecular flexibility index (Phi) is 4.91. The molecule has 0 bridgehead atoms. The number of cyclic esters (lactones) is 1. The van der Waals surface area contributed by atoms with Crippen LogP contribution in [-0.4, -0.2) is 33.2 Å². The minimum absolute atomic E-state index is 0.179. The number of fused-ring (bicyclic) bond motifs is 1. The molecule has 1 heterocycles. The van der Waals surface area contributed by atoms with Gasteiger partial charge in [-0.05, 0) is 35.0 Å². The van der Waals surface area contributed by atoms with E-state index in [4.69, 9.17) is 18.9 Å². The monoisotopic (exact) mass is 389 g/mol. The number of ether oxygens (including phenoxy) is 4. The lowest BCUT2D eigenvalue weighted by Crippen LogP contribution is -2.06. The molecule has 0 radical (unpaired) electrons. The average Bonchev–Trinajstić information content (AvgIpc) is 3.12. The molecular weight excluding hydrogens is 370 g/mol. The fourth-order valence-electron chi connectivity index (χ4n) is 3.32. The van der Waals surface area contributed by atoms with Gasteiger partial charge in [-0.1, -0.05) is 36.4 Å². The summed E-state index contributed by atoms with van der Waals surface area (Å²) in [5, 5.41) is 2.01. The second-order valence-electron chi connectivity index (χ2n) is 6.29. The van der Waals surface area contributed by atoms with Crippen molar-refractivity contribution < 1.29 is 23.7 Å². The van der Waals surface area contributed by atoms with Gasteiger partial charge >= 0.3 is 5.97 Å². The van der Waals surface area contributed by atoms with Crippen molar-refractivity contribution in [2.75, 3.05) is 21.3 Å². The summed E-state index contributed by atoms with van der Waals surface area (Å²) in [6, 6.07) is 17.2. The van der Waals surface area contributed by atoms with Gasteiger partial charge in [0.1, 0.15) is 0 Å². The first-order valence-corrected chi connectivity index (χ1v) is 8.96. The largest absolute Gasteiger partial charge is 0.493 e. The van der Waals surface area contributed by atoms with E-state index in [9.17, 15) is 4.79 Å². The van der Waals surface area contributed by atoms with Crippen LogP contribution >= 0.6 is 0 Å². The molecule has 1 aliphatic rings. The number of methoxy groups -OCH3 is 3. The summed E-state index contributed by atoms with van der Waals surface area (Å²) in [7, 11) is 4.60. The molecule has 0 fully saturated rings. The van der Waals surface area contributed by atoms with E-state index in [-0.39, 0.29) is 11.6 Å². The van der Waals surface area contributed by atoms with Gasteiger partial charge in [0.25, 0.3) is 0 Å². The maximum atomic E-state index is 12.5. The zero-order chi connectivity index (χ0) is 20.4. The Morgan fingerprint density at radius 1 is 0.862 bits per heavy atom. The van der Waals surface area contributed by atoms with Crippen LogP contribution in [0.25, 0.3) is 16.8 Å². The molecular formula is C23H19NO5. The number of carbonyl (C=O) groups is 1. The maximum Gasteiger partial charge on any atom is 0.363 e. The summed E-state index contributed by atoms with van der Waals surface area (Å²) in [6.07, 6.45) is 1.61. The van der Waals surface area contributed by atoms with Crippen molar-refractivity contribution in [1.82, 2.24) is 0 Å². The number of nitrogens with zero attached hydrogens (tertiary/aromatic N) is 1. The Labute approximate surface area is 168 Å². The van der Waals surface area contributed by atoms with Crippen molar-refractivity contribution in [3.63, 3.8) is 0 Å². The Hall–Kier alpha value is -3.80. The first-order valence-electron chi connectivity index (χ1n) is 8.96. The second kappa shape index (κ2) is 7.67. The first kappa shape index (κ1) is 18.6. The summed E-state index contributed by atoms with van der Waals surface area (Å²) >= 11 is 0. The molecule has 6 heteroatoms. The summed E-state index contributed by atoms with van der Waals surface area (Å²) in [5.74, 6) is 1.16. The summed E-state index contributed by atoms with van der Waals surface area (Å²) in [5.41, 5.74) is 1.57. The topological polar surface area (TPSA) is 66.4 Å². The molecule has 6 nitrogen and oxygen atoms in total. The van der Waals surface area contributed by atoms with Crippen LogP contribution < -0.4 is 14.2 Å². The van der Waals surface area contributed by atoms with Crippen LogP contribution in [0.15, 0.2) is 65.3 Å². The van der Waals surface area contributed by atoms with Crippen LogP contribution in [0.2, 0.25) is 0 Å². The van der Waals surface area contributed by atoms with Gasteiger partial charge in [0.15, 0.2) is 17.2 Å². The highest BCUT2D eigenvalue weighted by Crippen LogP contribution is 2.41. The molecule has 0 saturated heterocycles. The normalized spacial score (nSPS) is 14.7. The SMILES string of the molecule is COc1ccc(/C=C2/N=C(c3cccc4ccccc34)OC2=O)c(OC)c1OC. The molecule has 3 aromatic carbocycles. The molecule has 0 atom stereocenters. The van der Waals surface area contributed by atoms with Gasteiger partial charge in [-0.15, -0.1) is 0 Å². The molecule has 4 rings (SSSR count). The van der Waals surface area contributed by atoms with E-state index in [1.165, 1.54) is 14.2 Å². The number of benzene rings is 3. The van der Waals surface area contributed by atoms with Gasteiger partial charge in [0.05, 0.1) is 21.3 Å². The van der Waals surface area contributed by atoms with Crippen molar-refractivity contribution in [3.8, 4) is 17.2 Å². The highest BCUT2D eigenvalue weighted by atomic mass is 16.6. The maximum absolute atomic E-state index is 12.5. The first-order chi connectivity index (χ1) is 14.2. The number of carbonyl (C=O) groups excluding carboxylic acids is 1. The van der Waals surface area contributed by atoms with E-state index in [2.05, 4.69) is 4.99 Å². The third kappa shape index (κ3) is 3.29. The summed E-state index contributed by atoms with van der Waals surface area (Å²) in [4.78, 5) is 16.9. The van der Waals surface area contributed by atoms with Gasteiger partial charge in [0, 0.05) is 11.1 Å². The van der Waals surface area contributed by atoms with Gasteiger partial charge in [-0.25, -0.2) is 9.79 Å². The fraction of sp³-hybridized carbons (Fsp3) is 0.130. The zero-order valence-electron chi connectivity index (χ0n) is 16.3. The number of hydrogen-bond acceptors (Lipinski definition) is 6. The minimum Gasteiger partial charge on any atom is -0.493 e. The predicted molar refractivity (Wildman–Crippen MR) is 111 cm³/mol. The Bertz CT molecular complexity index is 1160. The third-order valence-corrected chi connectivity index (χ3v) is 4.67. The number of hydrogen-bond donors (Lipinski definition) is 0. The van der Waals surface area contributed by atoms with Crippen LogP contribution in [0.3, 0.4) is 0 Å². The van der Waals surface area contributed by atoms with Crippen LogP contribution in [0, 0.1) is 0 Å². The van der Waals surface area contributed by atoms with Crippen molar-refractivity contribution >= 4 is 28.7 Å². The van der Waals surface area contributed by atoms with E-state index in [0.29, 0.717) is 22.8 Å². The molecule has 0 aromatic heterocycles. The number of aliphatic imine (C=N–C) groups is 1. The van der Waals surface area contributed by atoms with Gasteiger partial charge in [-0.3, -0.25) is 0 Å². The standard InChI is InChI=1S/C23H19NO5/c1-26-19-12-11-15(20(27-2)21(19)28-3)13-18-23(25)29-22(24-18)17-10-6-8-14-7-4-5-9-16(14)17/h4-13H,1-3H3/b18-13+. The van der Waals surface area contributed by atoms with Crippen molar-refractivity contribution in [2.45, 2.75) is 0 Å². The quantitative estimate of drug-likeness (QED) is 0.483. The Morgan fingerprint density at radius 2 is 1.62 bits per heavy atom. The van der Waals surface area contributed by atoms with E-state index < -0.39 is 5.97 Å². The summed E-state index contributed by atoms with van der Waals surface area (Å²) in [6.45, 7) is 0. The highest BCUT2D eigenvalue weighted by molar-refractivity contribution is 6.17. The van der Waals surface area contributed by atoms with Crippen LogP contribution in [0.1, 0.15) is 11.1 Å². The lowest BCUT2D eigenvalue weighted by molar-refractivity contribution is -0.129. The number of rotatable bonds is 5. The molecule has 0 aliphatic carbocycles. The molecule has 0 N–H and O–H groups in total. The van der Waals surface area contributed by atoms with E-state index >= 15 is 0 Å². The van der Waals surface area contributed by atoms with Crippen LogP contribution in [0.5, 0.6) is 17.2 Å². The molecule has 146 valence electrons. The Balaban J connectivity index is 1.80. The van der Waals surface area contributed by atoms with Crippen molar-refractivity contribution in [1.29, 1.82) is 0 Å². The average molecular weight is 389 g/mol. The van der Waals surface area contributed by atoms with Crippen LogP contribution in [0.4, 0.5) is 0 Å². The second-order valence-corrected chi connectivity index (χ2v) is 6.29.